The molecule has 2 aromatic carbocycles. The Hall–Kier alpha value is -1.60. The van der Waals surface area contributed by atoms with Crippen molar-refractivity contribution in [1.29, 1.82) is 0 Å². The topological polar surface area (TPSA) is 20.3 Å². The molecule has 0 N–H and O–H groups in total. The number of halogens is 3. The number of amides is 1. The third-order valence-electron chi connectivity index (χ3n) is 3.70. The van der Waals surface area contributed by atoms with Gasteiger partial charge in [0.1, 0.15) is 5.37 Å². The first-order valence-electron chi connectivity index (χ1n) is 7.15. The third-order valence-corrected chi connectivity index (χ3v) is 5.64. The van der Waals surface area contributed by atoms with Crippen molar-refractivity contribution in [2.24, 2.45) is 0 Å². The Morgan fingerprint density at radius 2 is 1.92 bits per heavy atom. The summed E-state index contributed by atoms with van der Waals surface area (Å²) in [6.07, 6.45) is -2.46. The highest BCUT2D eigenvalue weighted by molar-refractivity contribution is 8.00. The van der Waals surface area contributed by atoms with Crippen molar-refractivity contribution in [3.05, 3.63) is 59.7 Å². The summed E-state index contributed by atoms with van der Waals surface area (Å²) in [5.41, 5.74) is 0.493. The zero-order valence-electron chi connectivity index (χ0n) is 12.7. The Bertz CT molecular complexity index is 763. The summed E-state index contributed by atoms with van der Waals surface area (Å²) < 4.78 is 38.9. The van der Waals surface area contributed by atoms with Crippen LogP contribution in [-0.2, 0) is 11.0 Å². The van der Waals surface area contributed by atoms with E-state index in [4.69, 9.17) is 0 Å². The molecule has 0 aromatic heterocycles. The maximum atomic E-state index is 13.0. The summed E-state index contributed by atoms with van der Waals surface area (Å²) in [4.78, 5) is 14.9. The van der Waals surface area contributed by atoms with Crippen molar-refractivity contribution in [2.45, 2.75) is 16.4 Å². The first-order valence-corrected chi connectivity index (χ1v) is 9.42. The molecule has 1 fully saturated rings. The van der Waals surface area contributed by atoms with E-state index in [9.17, 15) is 18.0 Å². The van der Waals surface area contributed by atoms with E-state index in [0.717, 1.165) is 17.0 Å². The molecule has 0 bridgehead atoms. The lowest BCUT2D eigenvalue weighted by Gasteiger charge is -2.25. The molecular formula is C17H14F3NOS2. The molecule has 0 saturated carbocycles. The van der Waals surface area contributed by atoms with Crippen LogP contribution in [0.15, 0.2) is 53.4 Å². The van der Waals surface area contributed by atoms with E-state index in [1.54, 1.807) is 22.7 Å². The molecule has 3 rings (SSSR count). The average Bonchev–Trinajstić information content (AvgIpc) is 2.96. The molecule has 126 valence electrons. The minimum absolute atomic E-state index is 0.0966. The number of rotatable bonds is 3. The molecule has 0 radical (unpaired) electrons. The van der Waals surface area contributed by atoms with Crippen LogP contribution in [0, 0.1) is 0 Å². The zero-order chi connectivity index (χ0) is 17.3. The van der Waals surface area contributed by atoms with Crippen LogP contribution in [0.1, 0.15) is 16.5 Å². The van der Waals surface area contributed by atoms with Crippen LogP contribution in [0.2, 0.25) is 0 Å². The Kier molecular flexibility index (Phi) is 4.83. The van der Waals surface area contributed by atoms with Crippen molar-refractivity contribution >= 4 is 35.1 Å². The number of hydrogen-bond donors (Lipinski definition) is 0. The lowest BCUT2D eigenvalue weighted by Crippen LogP contribution is -2.28. The predicted molar refractivity (Wildman–Crippen MR) is 92.4 cm³/mol. The molecule has 24 heavy (non-hydrogen) atoms. The molecule has 1 aliphatic rings. The number of anilines is 1. The number of benzene rings is 2. The fraction of sp³-hybridized carbons (Fsp3) is 0.235. The van der Waals surface area contributed by atoms with Gasteiger partial charge >= 0.3 is 6.18 Å². The molecule has 2 aromatic rings. The predicted octanol–water partition coefficient (Wildman–Crippen LogP) is 5.21. The monoisotopic (exact) mass is 369 g/mol. The molecule has 1 heterocycles. The molecule has 1 amide bonds. The highest BCUT2D eigenvalue weighted by atomic mass is 32.2. The van der Waals surface area contributed by atoms with Gasteiger partial charge in [0.2, 0.25) is 5.91 Å². The standard InChI is InChI=1S/C17H14F3NOS2/c1-23-14-7-3-6-13(9-14)21-15(22)10-24-16(21)11-4-2-5-12(8-11)17(18,19)20/h2-9,16H,10H2,1H3. The number of carbonyl (C=O) groups is 1. The number of carbonyl (C=O) groups excluding carboxylic acids is 1. The van der Waals surface area contributed by atoms with Crippen LogP contribution in [-0.4, -0.2) is 17.9 Å². The van der Waals surface area contributed by atoms with E-state index < -0.39 is 17.1 Å². The fourth-order valence-corrected chi connectivity index (χ4v) is 4.20. The number of hydrogen-bond acceptors (Lipinski definition) is 3. The second-order valence-corrected chi connectivity index (χ2v) is 7.20. The molecule has 1 saturated heterocycles. The summed E-state index contributed by atoms with van der Waals surface area (Å²) in [7, 11) is 0. The van der Waals surface area contributed by atoms with Gasteiger partial charge in [0.05, 0.1) is 11.3 Å². The SMILES string of the molecule is CSc1cccc(N2C(=O)CSC2c2cccc(C(F)(F)F)c2)c1. The normalized spacial score (nSPS) is 18.2. The first-order chi connectivity index (χ1) is 11.4. The van der Waals surface area contributed by atoms with Crippen LogP contribution in [0.4, 0.5) is 18.9 Å². The second kappa shape index (κ2) is 6.72. The van der Waals surface area contributed by atoms with Crippen molar-refractivity contribution in [1.82, 2.24) is 0 Å². The Morgan fingerprint density at radius 3 is 2.62 bits per heavy atom. The van der Waals surface area contributed by atoms with E-state index in [2.05, 4.69) is 0 Å². The van der Waals surface area contributed by atoms with Gasteiger partial charge < -0.3 is 0 Å². The van der Waals surface area contributed by atoms with E-state index in [1.807, 2.05) is 30.5 Å². The number of thioether (sulfide) groups is 2. The van der Waals surface area contributed by atoms with E-state index in [0.29, 0.717) is 11.3 Å². The van der Waals surface area contributed by atoms with Gasteiger partial charge in [0.25, 0.3) is 0 Å². The Morgan fingerprint density at radius 1 is 1.17 bits per heavy atom. The molecular weight excluding hydrogens is 355 g/mol. The summed E-state index contributed by atoms with van der Waals surface area (Å²) in [6.45, 7) is 0. The van der Waals surface area contributed by atoms with E-state index in [-0.39, 0.29) is 11.7 Å². The van der Waals surface area contributed by atoms with Crippen molar-refractivity contribution in [3.63, 3.8) is 0 Å². The molecule has 0 aliphatic carbocycles. The van der Waals surface area contributed by atoms with Crippen molar-refractivity contribution in [2.75, 3.05) is 16.9 Å². The van der Waals surface area contributed by atoms with Gasteiger partial charge in [-0.2, -0.15) is 13.2 Å². The van der Waals surface area contributed by atoms with Gasteiger partial charge in [-0.05, 0) is 42.2 Å². The van der Waals surface area contributed by atoms with Crippen molar-refractivity contribution < 1.29 is 18.0 Å². The first kappa shape index (κ1) is 17.2. The van der Waals surface area contributed by atoms with Crippen LogP contribution in [0.25, 0.3) is 0 Å². The molecule has 0 spiro atoms. The lowest BCUT2D eigenvalue weighted by molar-refractivity contribution is -0.137. The third kappa shape index (κ3) is 3.42. The van der Waals surface area contributed by atoms with Gasteiger partial charge in [-0.15, -0.1) is 23.5 Å². The number of alkyl halides is 3. The minimum Gasteiger partial charge on any atom is -0.295 e. The molecule has 1 aliphatic heterocycles. The van der Waals surface area contributed by atoms with Gasteiger partial charge in [0, 0.05) is 10.6 Å². The summed E-state index contributed by atoms with van der Waals surface area (Å²) in [5, 5.41) is -0.447. The Labute approximate surface area is 146 Å². The van der Waals surface area contributed by atoms with Gasteiger partial charge in [-0.25, -0.2) is 0 Å². The van der Waals surface area contributed by atoms with E-state index >= 15 is 0 Å². The Balaban J connectivity index is 1.99. The largest absolute Gasteiger partial charge is 0.416 e. The molecule has 7 heteroatoms. The summed E-state index contributed by atoms with van der Waals surface area (Å²) in [6, 6.07) is 12.7. The highest BCUT2D eigenvalue weighted by Gasteiger charge is 2.36. The zero-order valence-corrected chi connectivity index (χ0v) is 14.3. The van der Waals surface area contributed by atoms with Gasteiger partial charge in [-0.3, -0.25) is 9.69 Å². The maximum Gasteiger partial charge on any atom is 0.416 e. The van der Waals surface area contributed by atoms with E-state index in [1.165, 1.54) is 17.8 Å². The summed E-state index contributed by atoms with van der Waals surface area (Å²) >= 11 is 2.89. The van der Waals surface area contributed by atoms with Crippen LogP contribution < -0.4 is 4.90 Å². The maximum absolute atomic E-state index is 13.0. The second-order valence-electron chi connectivity index (χ2n) is 5.25. The van der Waals surface area contributed by atoms with Crippen molar-refractivity contribution in [3.8, 4) is 0 Å². The minimum atomic E-state index is -4.40. The fourth-order valence-electron chi connectivity index (χ4n) is 2.58. The summed E-state index contributed by atoms with van der Waals surface area (Å²) in [5.74, 6) is 0.158. The lowest BCUT2D eigenvalue weighted by atomic mass is 10.1. The molecule has 1 atom stereocenters. The highest BCUT2D eigenvalue weighted by Crippen LogP contribution is 2.43. The van der Waals surface area contributed by atoms with Crippen LogP contribution >= 0.6 is 23.5 Å². The van der Waals surface area contributed by atoms with Crippen LogP contribution in [0.5, 0.6) is 0 Å². The number of nitrogens with zero attached hydrogens (tertiary/aromatic N) is 1. The van der Waals surface area contributed by atoms with Crippen LogP contribution in [0.3, 0.4) is 0 Å². The van der Waals surface area contributed by atoms with Gasteiger partial charge in [-0.1, -0.05) is 18.2 Å². The average molecular weight is 369 g/mol. The molecule has 2 nitrogen and oxygen atoms in total. The quantitative estimate of drug-likeness (QED) is 0.693. The smallest absolute Gasteiger partial charge is 0.295 e. The van der Waals surface area contributed by atoms with Gasteiger partial charge in [0.15, 0.2) is 0 Å². The molecule has 1 unspecified atom stereocenters.